The number of ether oxygens (including phenoxy) is 2. The number of hydrogen-bond acceptors (Lipinski definition) is 5. The van der Waals surface area contributed by atoms with Gasteiger partial charge in [0.15, 0.2) is 0 Å². The summed E-state index contributed by atoms with van der Waals surface area (Å²) in [5.74, 6) is -2.03. The average Bonchev–Trinajstić information content (AvgIpc) is 3.02. The molecule has 3 rings (SSSR count). The number of H-pyrrole nitrogens is 1. The van der Waals surface area contributed by atoms with E-state index in [0.29, 0.717) is 29.4 Å². The monoisotopic (exact) mass is 391 g/mol. The van der Waals surface area contributed by atoms with Gasteiger partial charge in [-0.25, -0.2) is 13.8 Å². The Balaban J connectivity index is 1.90. The fraction of sp³-hybridized carbons (Fsp3) is 0.368. The first-order valence-electron chi connectivity index (χ1n) is 8.74. The number of halogens is 2. The molecule has 7 nitrogen and oxygen atoms in total. The van der Waals surface area contributed by atoms with Crippen molar-refractivity contribution in [3.8, 4) is 5.75 Å². The smallest absolute Gasteiger partial charge is 0.282 e. The third-order valence-electron chi connectivity index (χ3n) is 4.28. The molecular formula is C19H23F2N5O2. The van der Waals surface area contributed by atoms with Gasteiger partial charge in [0.1, 0.15) is 17.5 Å². The van der Waals surface area contributed by atoms with Gasteiger partial charge in [-0.3, -0.25) is 5.10 Å². The highest BCUT2D eigenvalue weighted by molar-refractivity contribution is 5.92. The number of aromatic nitrogens is 2. The summed E-state index contributed by atoms with van der Waals surface area (Å²) in [7, 11) is 1.61. The van der Waals surface area contributed by atoms with Gasteiger partial charge in [-0.2, -0.15) is 5.10 Å². The van der Waals surface area contributed by atoms with E-state index in [1.807, 2.05) is 25.1 Å². The molecule has 0 aliphatic carbocycles. The molecule has 1 aromatic heterocycles. The lowest BCUT2D eigenvalue weighted by Gasteiger charge is -2.40. The molecule has 0 unspecified atom stereocenters. The number of alkyl halides is 2. The maximum absolute atomic E-state index is 13.1. The Hall–Kier alpha value is -2.94. The summed E-state index contributed by atoms with van der Waals surface area (Å²) in [5.41, 5.74) is 7.61. The van der Waals surface area contributed by atoms with Crippen molar-refractivity contribution in [1.82, 2.24) is 15.1 Å². The highest BCUT2D eigenvalue weighted by atomic mass is 19.3. The van der Waals surface area contributed by atoms with Crippen LogP contribution in [0.15, 0.2) is 41.5 Å². The van der Waals surface area contributed by atoms with E-state index >= 15 is 0 Å². The van der Waals surface area contributed by atoms with E-state index < -0.39 is 5.92 Å². The van der Waals surface area contributed by atoms with Crippen LogP contribution in [0.3, 0.4) is 0 Å². The first kappa shape index (κ1) is 19.8. The Labute approximate surface area is 161 Å². The molecule has 2 aromatic rings. The van der Waals surface area contributed by atoms with Crippen LogP contribution >= 0.6 is 0 Å². The number of hydrogen-bond donors (Lipinski definition) is 2. The predicted octanol–water partition coefficient (Wildman–Crippen LogP) is 2.77. The van der Waals surface area contributed by atoms with Crippen LogP contribution in [0.5, 0.6) is 5.75 Å². The van der Waals surface area contributed by atoms with Crippen LogP contribution < -0.4 is 10.5 Å². The standard InChI is InChI=1S/C19H23F2N5O2/c1-12(26-9-19(20,21)10-26)6-17(23-11-22)18-15-7-14(28-13(2)8-27-3)4-5-16(15)24-25-18/h4-7,11,13H,1,8-10H2,2-3H3,(H2,22,23)(H,24,25)/b17-6-/t13-/m0/s1. The van der Waals surface area contributed by atoms with Gasteiger partial charge in [0.2, 0.25) is 0 Å². The number of benzene rings is 1. The van der Waals surface area contributed by atoms with E-state index in [0.717, 1.165) is 17.2 Å². The summed E-state index contributed by atoms with van der Waals surface area (Å²) in [4.78, 5) is 5.62. The number of nitrogens with one attached hydrogen (secondary N) is 1. The first-order chi connectivity index (χ1) is 13.3. The van der Waals surface area contributed by atoms with E-state index in [2.05, 4.69) is 21.8 Å². The summed E-state index contributed by atoms with van der Waals surface area (Å²) in [6, 6.07) is 5.50. The molecule has 1 atom stereocenters. The molecule has 0 amide bonds. The second kappa shape index (κ2) is 7.97. The minimum atomic E-state index is -2.68. The third-order valence-corrected chi connectivity index (χ3v) is 4.28. The lowest BCUT2D eigenvalue weighted by Crippen LogP contribution is -2.54. The first-order valence-corrected chi connectivity index (χ1v) is 8.74. The van der Waals surface area contributed by atoms with Crippen LogP contribution in [0.2, 0.25) is 0 Å². The molecule has 28 heavy (non-hydrogen) atoms. The second-order valence-electron chi connectivity index (χ2n) is 6.67. The largest absolute Gasteiger partial charge is 0.488 e. The lowest BCUT2D eigenvalue weighted by molar-refractivity contribution is -0.114. The molecule has 1 aromatic carbocycles. The molecule has 3 N–H and O–H groups in total. The fourth-order valence-corrected chi connectivity index (χ4v) is 2.97. The van der Waals surface area contributed by atoms with Crippen molar-refractivity contribution in [2.75, 3.05) is 26.8 Å². The van der Waals surface area contributed by atoms with Crippen molar-refractivity contribution < 1.29 is 18.3 Å². The Morgan fingerprint density at radius 3 is 2.89 bits per heavy atom. The van der Waals surface area contributed by atoms with Gasteiger partial charge in [0, 0.05) is 18.2 Å². The fourth-order valence-electron chi connectivity index (χ4n) is 2.97. The Bertz CT molecular complexity index is 914. The minimum Gasteiger partial charge on any atom is -0.488 e. The molecule has 0 radical (unpaired) electrons. The number of aromatic amines is 1. The number of allylic oxidation sites excluding steroid dienone is 1. The number of fused-ring (bicyclic) bond motifs is 1. The molecule has 0 bridgehead atoms. The second-order valence-corrected chi connectivity index (χ2v) is 6.67. The van der Waals surface area contributed by atoms with Crippen molar-refractivity contribution in [3.05, 3.63) is 42.2 Å². The van der Waals surface area contributed by atoms with E-state index in [-0.39, 0.29) is 19.2 Å². The molecule has 1 aliphatic heterocycles. The zero-order valence-electron chi connectivity index (χ0n) is 15.8. The molecule has 2 heterocycles. The van der Waals surface area contributed by atoms with Crippen molar-refractivity contribution in [2.24, 2.45) is 10.7 Å². The SMILES string of the molecule is C=C(/C=C(\N=C/N)c1n[nH]c2ccc(O[C@@H](C)COC)cc12)N1CC(F)(F)C1. The topological polar surface area (TPSA) is 88.8 Å². The van der Waals surface area contributed by atoms with Gasteiger partial charge in [0.05, 0.1) is 37.2 Å². The zero-order valence-corrected chi connectivity index (χ0v) is 15.8. The number of aliphatic imine (C=N–C) groups is 1. The van der Waals surface area contributed by atoms with E-state index in [4.69, 9.17) is 15.2 Å². The predicted molar refractivity (Wildman–Crippen MR) is 104 cm³/mol. The maximum atomic E-state index is 13.1. The van der Waals surface area contributed by atoms with E-state index in [1.54, 1.807) is 13.2 Å². The summed E-state index contributed by atoms with van der Waals surface area (Å²) in [6.45, 7) is 5.49. The summed E-state index contributed by atoms with van der Waals surface area (Å²) >= 11 is 0. The zero-order chi connectivity index (χ0) is 20.3. The maximum Gasteiger partial charge on any atom is 0.282 e. The van der Waals surface area contributed by atoms with Gasteiger partial charge < -0.3 is 20.1 Å². The van der Waals surface area contributed by atoms with Crippen LogP contribution in [-0.2, 0) is 4.74 Å². The molecule has 150 valence electrons. The van der Waals surface area contributed by atoms with Crippen molar-refractivity contribution in [1.29, 1.82) is 0 Å². The average molecular weight is 391 g/mol. The van der Waals surface area contributed by atoms with Gasteiger partial charge in [0.25, 0.3) is 5.92 Å². The molecule has 1 aliphatic rings. The number of methoxy groups -OCH3 is 1. The normalized spacial score (nSPS) is 17.7. The highest BCUT2D eigenvalue weighted by Crippen LogP contribution is 2.32. The van der Waals surface area contributed by atoms with Crippen LogP contribution in [0, 0.1) is 0 Å². The summed E-state index contributed by atoms with van der Waals surface area (Å²) in [6.07, 6.45) is 2.60. The third kappa shape index (κ3) is 4.30. The summed E-state index contributed by atoms with van der Waals surface area (Å²) in [5, 5.41) is 8.00. The Morgan fingerprint density at radius 1 is 1.50 bits per heavy atom. The quantitative estimate of drug-likeness (QED) is 0.410. The minimum absolute atomic E-state index is 0.122. The lowest BCUT2D eigenvalue weighted by atomic mass is 10.1. The van der Waals surface area contributed by atoms with Crippen LogP contribution in [-0.4, -0.2) is 60.3 Å². The molecule has 0 saturated carbocycles. The van der Waals surface area contributed by atoms with Crippen LogP contribution in [0.4, 0.5) is 8.78 Å². The number of likely N-dealkylation sites (tertiary alicyclic amines) is 1. The van der Waals surface area contributed by atoms with Gasteiger partial charge in [-0.1, -0.05) is 6.58 Å². The van der Waals surface area contributed by atoms with Gasteiger partial charge in [-0.15, -0.1) is 0 Å². The molecule has 1 saturated heterocycles. The van der Waals surface area contributed by atoms with E-state index in [1.165, 1.54) is 4.90 Å². The molecular weight excluding hydrogens is 368 g/mol. The number of nitrogens with zero attached hydrogens (tertiary/aromatic N) is 3. The number of rotatable bonds is 8. The van der Waals surface area contributed by atoms with Crippen LogP contribution in [0.25, 0.3) is 16.6 Å². The van der Waals surface area contributed by atoms with Crippen molar-refractivity contribution in [2.45, 2.75) is 19.0 Å². The molecule has 9 heteroatoms. The molecule has 1 fully saturated rings. The number of nitrogens with two attached hydrogens (primary N) is 1. The van der Waals surface area contributed by atoms with Crippen LogP contribution in [0.1, 0.15) is 12.6 Å². The van der Waals surface area contributed by atoms with E-state index in [9.17, 15) is 8.78 Å². The Morgan fingerprint density at radius 2 is 2.25 bits per heavy atom. The van der Waals surface area contributed by atoms with Gasteiger partial charge in [-0.05, 0) is 31.2 Å². The highest BCUT2D eigenvalue weighted by Gasteiger charge is 2.44. The Kier molecular flexibility index (Phi) is 5.64. The molecule has 0 spiro atoms. The van der Waals surface area contributed by atoms with Crippen molar-refractivity contribution >= 4 is 22.9 Å². The summed E-state index contributed by atoms with van der Waals surface area (Å²) < 4.78 is 37.2. The van der Waals surface area contributed by atoms with Crippen molar-refractivity contribution in [3.63, 3.8) is 0 Å². The van der Waals surface area contributed by atoms with Gasteiger partial charge >= 0.3 is 0 Å².